The molecule has 1 rings (SSSR count). The lowest BCUT2D eigenvalue weighted by Crippen LogP contribution is -1.86. The van der Waals surface area contributed by atoms with Crippen LogP contribution in [-0.2, 0) is 16.3 Å². The van der Waals surface area contributed by atoms with Crippen LogP contribution in [0.4, 0.5) is 0 Å². The van der Waals surface area contributed by atoms with Gasteiger partial charge in [0.2, 0.25) is 0 Å². The maximum Gasteiger partial charge on any atom is 0.116 e. The van der Waals surface area contributed by atoms with Gasteiger partial charge in [-0.3, -0.25) is 0 Å². The van der Waals surface area contributed by atoms with E-state index in [0.717, 1.165) is 11.8 Å². The number of aldehydes is 1. The van der Waals surface area contributed by atoms with Gasteiger partial charge in [0.25, 0.3) is 0 Å². The fourth-order valence-electron chi connectivity index (χ4n) is 0.763. The zero-order chi connectivity index (χ0) is 9.23. The summed E-state index contributed by atoms with van der Waals surface area (Å²) in [6, 6.07) is 9.79. The van der Waals surface area contributed by atoms with Crippen molar-refractivity contribution in [2.24, 2.45) is 0 Å². The topological polar surface area (TPSA) is 37.0 Å². The highest BCUT2D eigenvalue weighted by Crippen LogP contribution is 1.97. The molecule has 0 spiro atoms. The molecule has 0 bridgehead atoms. The van der Waals surface area contributed by atoms with E-state index in [-0.39, 0.29) is 6.61 Å². The third-order valence-corrected chi connectivity index (χ3v) is 1.23. The SMILES string of the molecule is CC=O.[O]CCc1ccccc1. The molecule has 0 N–H and O–H groups in total. The summed E-state index contributed by atoms with van der Waals surface area (Å²) in [6.07, 6.45) is 1.40. The van der Waals surface area contributed by atoms with Gasteiger partial charge in [-0.1, -0.05) is 30.3 Å². The monoisotopic (exact) mass is 165 g/mol. The number of rotatable bonds is 2. The Morgan fingerprint density at radius 3 is 2.17 bits per heavy atom. The normalized spacial score (nSPS) is 8.17. The molecule has 0 atom stereocenters. The van der Waals surface area contributed by atoms with E-state index < -0.39 is 0 Å². The minimum atomic E-state index is -0.00991. The Kier molecular flexibility index (Phi) is 7.19. The van der Waals surface area contributed by atoms with Crippen LogP contribution in [0.25, 0.3) is 0 Å². The molecule has 0 amide bonds. The Balaban J connectivity index is 0.000000354. The first-order valence-corrected chi connectivity index (χ1v) is 3.87. The van der Waals surface area contributed by atoms with Crippen molar-refractivity contribution in [3.63, 3.8) is 0 Å². The molecule has 0 saturated carbocycles. The highest BCUT2D eigenvalue weighted by Gasteiger charge is 1.86. The summed E-state index contributed by atoms with van der Waals surface area (Å²) in [5.74, 6) is 0. The second-order valence-corrected chi connectivity index (χ2v) is 2.18. The van der Waals surface area contributed by atoms with E-state index in [2.05, 4.69) is 0 Å². The predicted octanol–water partition coefficient (Wildman–Crippen LogP) is 1.86. The van der Waals surface area contributed by atoms with Gasteiger partial charge in [0.15, 0.2) is 0 Å². The lowest BCUT2D eigenvalue weighted by Gasteiger charge is -1.92. The van der Waals surface area contributed by atoms with Crippen molar-refractivity contribution in [1.82, 2.24) is 0 Å². The van der Waals surface area contributed by atoms with Crippen LogP contribution in [0, 0.1) is 0 Å². The standard InChI is InChI=1S/C8H9O.C2H4O/c9-7-6-8-4-2-1-3-5-8;1-2-3/h1-5H,6-7H2;2H,1H3. The number of carbonyl (C=O) groups is 1. The first-order valence-electron chi connectivity index (χ1n) is 3.87. The average Bonchev–Trinajstić information content (AvgIpc) is 2.08. The van der Waals surface area contributed by atoms with Gasteiger partial charge < -0.3 is 4.79 Å². The molecule has 1 aromatic rings. The highest BCUT2D eigenvalue weighted by atomic mass is 16.2. The fraction of sp³-hybridized carbons (Fsp3) is 0.300. The molecular formula is C10H13O2. The number of benzene rings is 1. The molecular weight excluding hydrogens is 152 g/mol. The van der Waals surface area contributed by atoms with E-state index in [4.69, 9.17) is 4.79 Å². The molecule has 0 unspecified atom stereocenters. The van der Waals surface area contributed by atoms with Crippen molar-refractivity contribution in [2.45, 2.75) is 13.3 Å². The van der Waals surface area contributed by atoms with Gasteiger partial charge >= 0.3 is 0 Å². The van der Waals surface area contributed by atoms with Gasteiger partial charge in [-0.2, -0.15) is 0 Å². The summed E-state index contributed by atoms with van der Waals surface area (Å²) in [4.78, 5) is 8.81. The van der Waals surface area contributed by atoms with Crippen LogP contribution in [0.2, 0.25) is 0 Å². The smallest absolute Gasteiger partial charge is 0.116 e. The third-order valence-electron chi connectivity index (χ3n) is 1.23. The van der Waals surface area contributed by atoms with Crippen LogP contribution in [0.5, 0.6) is 0 Å². The van der Waals surface area contributed by atoms with Crippen LogP contribution >= 0.6 is 0 Å². The Morgan fingerprint density at radius 1 is 1.25 bits per heavy atom. The summed E-state index contributed by atoms with van der Waals surface area (Å²) in [7, 11) is 0. The Morgan fingerprint density at radius 2 is 1.75 bits per heavy atom. The molecule has 0 fully saturated rings. The first kappa shape index (κ1) is 10.8. The second kappa shape index (κ2) is 7.95. The minimum Gasteiger partial charge on any atom is -0.304 e. The number of hydrogen-bond donors (Lipinski definition) is 0. The molecule has 0 aliphatic heterocycles. The van der Waals surface area contributed by atoms with Crippen LogP contribution < -0.4 is 0 Å². The molecule has 2 heteroatoms. The van der Waals surface area contributed by atoms with Crippen molar-refractivity contribution in [3.05, 3.63) is 35.9 Å². The quantitative estimate of drug-likeness (QED) is 0.616. The molecule has 0 heterocycles. The summed E-state index contributed by atoms with van der Waals surface area (Å²) in [5, 5.41) is 10.1. The van der Waals surface area contributed by atoms with Gasteiger partial charge in [-0.25, -0.2) is 5.11 Å². The van der Waals surface area contributed by atoms with Crippen molar-refractivity contribution < 1.29 is 9.90 Å². The van der Waals surface area contributed by atoms with Crippen molar-refractivity contribution in [2.75, 3.05) is 6.61 Å². The molecule has 0 saturated heterocycles. The van der Waals surface area contributed by atoms with Crippen LogP contribution in [0.1, 0.15) is 12.5 Å². The fourth-order valence-corrected chi connectivity index (χ4v) is 0.763. The molecule has 0 aromatic heterocycles. The number of hydrogen-bond acceptors (Lipinski definition) is 1. The van der Waals surface area contributed by atoms with Crippen LogP contribution in [0.15, 0.2) is 30.3 Å². The van der Waals surface area contributed by atoms with Crippen LogP contribution in [-0.4, -0.2) is 12.9 Å². The highest BCUT2D eigenvalue weighted by molar-refractivity contribution is 5.44. The molecule has 2 nitrogen and oxygen atoms in total. The van der Waals surface area contributed by atoms with E-state index in [0.29, 0.717) is 6.42 Å². The van der Waals surface area contributed by atoms with Gasteiger partial charge in [-0.15, -0.1) is 0 Å². The maximum absolute atomic E-state index is 10.1. The minimum absolute atomic E-state index is 0.00991. The lowest BCUT2D eigenvalue weighted by molar-refractivity contribution is -0.106. The molecule has 1 radical (unpaired) electrons. The zero-order valence-electron chi connectivity index (χ0n) is 7.19. The zero-order valence-corrected chi connectivity index (χ0v) is 7.19. The van der Waals surface area contributed by atoms with Crippen LogP contribution in [0.3, 0.4) is 0 Å². The van der Waals surface area contributed by atoms with Gasteiger partial charge in [0, 0.05) is 0 Å². The Hall–Kier alpha value is -1.15. The lowest BCUT2D eigenvalue weighted by atomic mass is 10.2. The Bertz CT molecular complexity index is 194. The van der Waals surface area contributed by atoms with E-state index in [1.807, 2.05) is 30.3 Å². The van der Waals surface area contributed by atoms with E-state index >= 15 is 0 Å². The summed E-state index contributed by atoms with van der Waals surface area (Å²) < 4.78 is 0. The van der Waals surface area contributed by atoms with Gasteiger partial charge in [-0.05, 0) is 18.9 Å². The summed E-state index contributed by atoms with van der Waals surface area (Å²) in [6.45, 7) is 1.43. The van der Waals surface area contributed by atoms with Crippen molar-refractivity contribution >= 4 is 6.29 Å². The van der Waals surface area contributed by atoms with E-state index in [9.17, 15) is 5.11 Å². The largest absolute Gasteiger partial charge is 0.304 e. The maximum atomic E-state index is 10.1. The van der Waals surface area contributed by atoms with Crippen molar-refractivity contribution in [3.8, 4) is 0 Å². The summed E-state index contributed by atoms with van der Waals surface area (Å²) in [5.41, 5.74) is 1.13. The van der Waals surface area contributed by atoms with Gasteiger partial charge in [0.05, 0.1) is 6.61 Å². The van der Waals surface area contributed by atoms with Gasteiger partial charge in [0.1, 0.15) is 6.29 Å². The second-order valence-electron chi connectivity index (χ2n) is 2.18. The molecule has 12 heavy (non-hydrogen) atoms. The molecule has 1 aromatic carbocycles. The molecule has 0 aliphatic rings. The third kappa shape index (κ3) is 5.62. The summed E-state index contributed by atoms with van der Waals surface area (Å²) >= 11 is 0. The molecule has 0 aliphatic carbocycles. The number of carbonyl (C=O) groups excluding carboxylic acids is 1. The van der Waals surface area contributed by atoms with Crippen molar-refractivity contribution in [1.29, 1.82) is 0 Å². The first-order chi connectivity index (χ1) is 5.85. The Labute approximate surface area is 72.9 Å². The molecule has 65 valence electrons. The van der Waals surface area contributed by atoms with E-state index in [1.165, 1.54) is 6.92 Å². The predicted molar refractivity (Wildman–Crippen MR) is 47.4 cm³/mol. The van der Waals surface area contributed by atoms with E-state index in [1.54, 1.807) is 0 Å². The average molecular weight is 165 g/mol.